The maximum atomic E-state index is 11.1. The summed E-state index contributed by atoms with van der Waals surface area (Å²) in [5, 5.41) is 0. The summed E-state index contributed by atoms with van der Waals surface area (Å²) in [6, 6.07) is 0. The van der Waals surface area contributed by atoms with E-state index in [1.807, 2.05) is 0 Å². The highest BCUT2D eigenvalue weighted by molar-refractivity contribution is 6.36. The van der Waals surface area contributed by atoms with Gasteiger partial charge in [-0.15, -0.1) is 0 Å². The zero-order valence-corrected chi connectivity index (χ0v) is 14.8. The molecule has 21 heavy (non-hydrogen) atoms. The summed E-state index contributed by atoms with van der Waals surface area (Å²) in [5.41, 5.74) is 0.438. The second-order valence-corrected chi connectivity index (χ2v) is 6.46. The minimum atomic E-state index is -1.95. The van der Waals surface area contributed by atoms with Gasteiger partial charge in [0, 0.05) is 25.4 Å². The first-order valence-corrected chi connectivity index (χ1v) is 9.20. The summed E-state index contributed by atoms with van der Waals surface area (Å²) in [7, 11) is -1.95. The van der Waals surface area contributed by atoms with Gasteiger partial charge in [-0.25, -0.2) is 4.79 Å². The highest BCUT2D eigenvalue weighted by Crippen LogP contribution is 2.02. The van der Waals surface area contributed by atoms with Crippen LogP contribution in [0.1, 0.15) is 52.9 Å². The monoisotopic (exact) mass is 318 g/mol. The SMILES string of the molecule is C=C(C)C(=O)OCCCCCO[SiH](OCCC)OCCC. The Labute approximate surface area is 130 Å². The van der Waals surface area contributed by atoms with Crippen LogP contribution in [-0.4, -0.2) is 41.9 Å². The normalized spacial score (nSPS) is 10.9. The summed E-state index contributed by atoms with van der Waals surface area (Å²) in [4.78, 5) is 11.1. The minimum Gasteiger partial charge on any atom is -0.462 e. The van der Waals surface area contributed by atoms with E-state index in [-0.39, 0.29) is 5.97 Å². The van der Waals surface area contributed by atoms with Crippen molar-refractivity contribution in [1.29, 1.82) is 0 Å². The zero-order chi connectivity index (χ0) is 15.9. The van der Waals surface area contributed by atoms with Crippen LogP contribution in [0.2, 0.25) is 0 Å². The average Bonchev–Trinajstić information content (AvgIpc) is 2.47. The molecule has 0 aromatic rings. The third kappa shape index (κ3) is 12.7. The van der Waals surface area contributed by atoms with Crippen molar-refractivity contribution in [3.8, 4) is 0 Å². The molecule has 0 fully saturated rings. The van der Waals surface area contributed by atoms with Gasteiger partial charge in [-0.3, -0.25) is 0 Å². The molecule has 0 aromatic heterocycles. The van der Waals surface area contributed by atoms with E-state index in [1.54, 1.807) is 6.92 Å². The average molecular weight is 318 g/mol. The van der Waals surface area contributed by atoms with Crippen LogP contribution in [0.5, 0.6) is 0 Å². The molecule has 124 valence electrons. The molecule has 0 amide bonds. The van der Waals surface area contributed by atoms with Crippen LogP contribution >= 0.6 is 0 Å². The van der Waals surface area contributed by atoms with Gasteiger partial charge in [0.25, 0.3) is 0 Å². The maximum Gasteiger partial charge on any atom is 0.484 e. The summed E-state index contributed by atoms with van der Waals surface area (Å²) in [6.07, 6.45) is 4.64. The van der Waals surface area contributed by atoms with E-state index in [1.165, 1.54) is 0 Å². The molecule has 0 spiro atoms. The van der Waals surface area contributed by atoms with E-state index in [0.29, 0.717) is 32.0 Å². The van der Waals surface area contributed by atoms with Crippen molar-refractivity contribution in [2.45, 2.75) is 52.9 Å². The van der Waals surface area contributed by atoms with Crippen molar-refractivity contribution in [2.75, 3.05) is 26.4 Å². The Morgan fingerprint density at radius 2 is 1.43 bits per heavy atom. The fourth-order valence-electron chi connectivity index (χ4n) is 1.42. The molecule has 0 bridgehead atoms. The third-order valence-electron chi connectivity index (χ3n) is 2.54. The number of esters is 1. The minimum absolute atomic E-state index is 0.320. The number of rotatable bonds is 14. The first-order chi connectivity index (χ1) is 10.1. The topological polar surface area (TPSA) is 54.0 Å². The second-order valence-electron chi connectivity index (χ2n) is 4.88. The molecule has 6 heteroatoms. The number of hydrogen-bond acceptors (Lipinski definition) is 5. The lowest BCUT2D eigenvalue weighted by Gasteiger charge is -2.16. The number of hydrogen-bond donors (Lipinski definition) is 0. The van der Waals surface area contributed by atoms with Gasteiger partial charge in [-0.1, -0.05) is 20.4 Å². The van der Waals surface area contributed by atoms with E-state index < -0.39 is 9.53 Å². The molecule has 0 N–H and O–H groups in total. The molecule has 0 radical (unpaired) electrons. The van der Waals surface area contributed by atoms with Crippen LogP contribution in [0.3, 0.4) is 0 Å². The molecule has 0 unspecified atom stereocenters. The molecule has 0 aromatic carbocycles. The molecule has 0 heterocycles. The van der Waals surface area contributed by atoms with E-state index in [9.17, 15) is 4.79 Å². The van der Waals surface area contributed by atoms with Crippen LogP contribution in [0.15, 0.2) is 12.2 Å². The Balaban J connectivity index is 3.56. The summed E-state index contributed by atoms with van der Waals surface area (Å²) in [6.45, 7) is 11.8. The smallest absolute Gasteiger partial charge is 0.462 e. The molecule has 0 rings (SSSR count). The van der Waals surface area contributed by atoms with Gasteiger partial charge in [0.2, 0.25) is 0 Å². The van der Waals surface area contributed by atoms with Crippen molar-refractivity contribution in [3.63, 3.8) is 0 Å². The lowest BCUT2D eigenvalue weighted by atomic mass is 10.2. The van der Waals surface area contributed by atoms with E-state index in [0.717, 1.165) is 32.1 Å². The molecule has 0 aliphatic rings. The van der Waals surface area contributed by atoms with Crippen molar-refractivity contribution >= 4 is 15.5 Å². The Morgan fingerprint density at radius 1 is 0.905 bits per heavy atom. The summed E-state index contributed by atoms with van der Waals surface area (Å²) >= 11 is 0. The van der Waals surface area contributed by atoms with Gasteiger partial charge in [-0.2, -0.15) is 0 Å². The van der Waals surface area contributed by atoms with Crippen molar-refractivity contribution in [1.82, 2.24) is 0 Å². The third-order valence-corrected chi connectivity index (χ3v) is 4.06. The van der Waals surface area contributed by atoms with Gasteiger partial charge in [0.05, 0.1) is 6.61 Å². The van der Waals surface area contributed by atoms with Crippen LogP contribution < -0.4 is 0 Å². The lowest BCUT2D eigenvalue weighted by molar-refractivity contribution is -0.139. The molecule has 0 aliphatic heterocycles. The van der Waals surface area contributed by atoms with Gasteiger partial charge in [0.1, 0.15) is 0 Å². The van der Waals surface area contributed by atoms with E-state index in [2.05, 4.69) is 20.4 Å². The Kier molecular flexibility index (Phi) is 13.8. The van der Waals surface area contributed by atoms with Gasteiger partial charge >= 0.3 is 15.5 Å². The van der Waals surface area contributed by atoms with Crippen molar-refractivity contribution in [2.24, 2.45) is 0 Å². The molecule has 0 saturated heterocycles. The molecule has 0 aliphatic carbocycles. The molecule has 0 atom stereocenters. The van der Waals surface area contributed by atoms with Gasteiger partial charge < -0.3 is 18.0 Å². The summed E-state index contributed by atoms with van der Waals surface area (Å²) < 4.78 is 21.9. The van der Waals surface area contributed by atoms with Crippen LogP contribution in [-0.2, 0) is 22.8 Å². The van der Waals surface area contributed by atoms with Crippen molar-refractivity contribution in [3.05, 3.63) is 12.2 Å². The quantitative estimate of drug-likeness (QED) is 0.213. The number of ether oxygens (including phenoxy) is 1. The summed E-state index contributed by atoms with van der Waals surface area (Å²) in [5.74, 6) is -0.320. The fraction of sp³-hybridized carbons (Fsp3) is 0.800. The molecule has 0 saturated carbocycles. The largest absolute Gasteiger partial charge is 0.484 e. The number of carbonyl (C=O) groups excluding carboxylic acids is 1. The van der Waals surface area contributed by atoms with Crippen molar-refractivity contribution < 1.29 is 22.8 Å². The van der Waals surface area contributed by atoms with Crippen LogP contribution in [0, 0.1) is 0 Å². The number of carbonyl (C=O) groups is 1. The Morgan fingerprint density at radius 3 is 1.95 bits per heavy atom. The Bertz CT molecular complexity index is 275. The number of unbranched alkanes of at least 4 members (excludes halogenated alkanes) is 2. The van der Waals surface area contributed by atoms with Crippen LogP contribution in [0.25, 0.3) is 0 Å². The highest BCUT2D eigenvalue weighted by atomic mass is 28.3. The van der Waals surface area contributed by atoms with Crippen LogP contribution in [0.4, 0.5) is 0 Å². The predicted octanol–water partition coefficient (Wildman–Crippen LogP) is 2.86. The Hall–Kier alpha value is -0.693. The predicted molar refractivity (Wildman–Crippen MR) is 85.2 cm³/mol. The molecule has 5 nitrogen and oxygen atoms in total. The van der Waals surface area contributed by atoms with Gasteiger partial charge in [0.15, 0.2) is 0 Å². The highest BCUT2D eigenvalue weighted by Gasteiger charge is 2.14. The first kappa shape index (κ1) is 20.3. The molecular weight excluding hydrogens is 288 g/mol. The first-order valence-electron chi connectivity index (χ1n) is 7.79. The fourth-order valence-corrected chi connectivity index (χ4v) is 2.93. The zero-order valence-electron chi connectivity index (χ0n) is 13.7. The van der Waals surface area contributed by atoms with Gasteiger partial charge in [-0.05, 0) is 39.0 Å². The standard InChI is InChI=1S/C15H30O5Si/c1-5-10-18-21(19-11-6-2)20-13-9-7-8-12-17-15(16)14(3)4/h21H,3,5-13H2,1-2,4H3. The lowest BCUT2D eigenvalue weighted by Crippen LogP contribution is -2.28. The van der Waals surface area contributed by atoms with E-state index >= 15 is 0 Å². The maximum absolute atomic E-state index is 11.1. The molecular formula is C15H30O5Si. The van der Waals surface area contributed by atoms with E-state index in [4.69, 9.17) is 18.0 Å². The second kappa shape index (κ2) is 14.3.